The maximum absolute atomic E-state index is 12.0. The summed E-state index contributed by atoms with van der Waals surface area (Å²) in [6.07, 6.45) is 2.25. The van der Waals surface area contributed by atoms with E-state index in [1.165, 1.54) is 11.8 Å². The Morgan fingerprint density at radius 2 is 2.24 bits per heavy atom. The van der Waals surface area contributed by atoms with Crippen LogP contribution < -0.4 is 0 Å². The topological polar surface area (TPSA) is 67.5 Å². The molecule has 90 valence electrons. The zero-order chi connectivity index (χ0) is 12.2. The lowest BCUT2D eigenvalue weighted by molar-refractivity contribution is 0.0965. The lowest BCUT2D eigenvalue weighted by Crippen LogP contribution is -2.31. The third-order valence-corrected chi connectivity index (χ3v) is 4.34. The van der Waals surface area contributed by atoms with Gasteiger partial charge in [-0.25, -0.2) is 4.98 Å². The van der Waals surface area contributed by atoms with Gasteiger partial charge in [-0.3, -0.25) is 9.36 Å². The Morgan fingerprint density at radius 3 is 2.94 bits per heavy atom. The SMILES string of the molecule is CC1(C)Sc2nc3c(n2C1=NO)C(=O)CCC3. The van der Waals surface area contributed by atoms with Gasteiger partial charge in [0.15, 0.2) is 16.8 Å². The summed E-state index contributed by atoms with van der Waals surface area (Å²) >= 11 is 1.53. The summed E-state index contributed by atoms with van der Waals surface area (Å²) in [4.78, 5) is 16.5. The number of fused-ring (bicyclic) bond motifs is 3. The van der Waals surface area contributed by atoms with Crippen LogP contribution >= 0.6 is 11.8 Å². The molecule has 0 atom stereocenters. The highest BCUT2D eigenvalue weighted by molar-refractivity contribution is 8.01. The first kappa shape index (κ1) is 10.8. The number of oxime groups is 1. The maximum Gasteiger partial charge on any atom is 0.181 e. The van der Waals surface area contributed by atoms with Crippen LogP contribution in [0, 0.1) is 0 Å². The highest BCUT2D eigenvalue weighted by Crippen LogP contribution is 2.43. The number of carbonyl (C=O) groups is 1. The van der Waals surface area contributed by atoms with Crippen molar-refractivity contribution < 1.29 is 10.0 Å². The van der Waals surface area contributed by atoms with Crippen LogP contribution in [0.4, 0.5) is 0 Å². The van der Waals surface area contributed by atoms with Crippen LogP contribution in [-0.4, -0.2) is 31.1 Å². The quantitative estimate of drug-likeness (QED) is 0.565. The molecule has 2 heterocycles. The number of hydrogen-bond donors (Lipinski definition) is 1. The van der Waals surface area contributed by atoms with Crippen LogP contribution in [0.25, 0.3) is 0 Å². The summed E-state index contributed by atoms with van der Waals surface area (Å²) in [5.74, 6) is 0.603. The van der Waals surface area contributed by atoms with E-state index < -0.39 is 0 Å². The van der Waals surface area contributed by atoms with Crippen molar-refractivity contribution in [3.8, 4) is 0 Å². The van der Waals surface area contributed by atoms with Crippen molar-refractivity contribution in [2.24, 2.45) is 5.16 Å². The van der Waals surface area contributed by atoms with Crippen molar-refractivity contribution >= 4 is 23.4 Å². The van der Waals surface area contributed by atoms with Gasteiger partial charge in [0, 0.05) is 6.42 Å². The highest BCUT2D eigenvalue weighted by Gasteiger charge is 2.43. The number of nitrogens with zero attached hydrogens (tertiary/aromatic N) is 3. The number of Topliss-reactive ketones (excluding diaryl/α,β-unsaturated/α-hetero) is 1. The highest BCUT2D eigenvalue weighted by atomic mass is 32.2. The molecule has 1 aliphatic heterocycles. The second-order valence-corrected chi connectivity index (χ2v) is 6.43. The lowest BCUT2D eigenvalue weighted by atomic mass is 9.99. The number of imidazole rings is 1. The third-order valence-electron chi connectivity index (χ3n) is 3.19. The Hall–Kier alpha value is -1.30. The first-order valence-corrected chi connectivity index (χ1v) is 6.43. The summed E-state index contributed by atoms with van der Waals surface area (Å²) in [5.41, 5.74) is 1.47. The fourth-order valence-corrected chi connectivity index (χ4v) is 3.52. The van der Waals surface area contributed by atoms with Gasteiger partial charge in [-0.05, 0) is 26.7 Å². The molecule has 5 nitrogen and oxygen atoms in total. The van der Waals surface area contributed by atoms with Crippen LogP contribution in [-0.2, 0) is 6.42 Å². The van der Waals surface area contributed by atoms with Gasteiger partial charge in [-0.2, -0.15) is 0 Å². The van der Waals surface area contributed by atoms with Crippen LogP contribution in [0.3, 0.4) is 0 Å². The standard InChI is InChI=1S/C11H13N3O2S/c1-11(2)9(13-16)14-8-6(12-10(14)17-11)4-3-5-7(8)15/h16H,3-5H2,1-2H3. The second-order valence-electron chi connectivity index (χ2n) is 4.84. The molecule has 0 saturated heterocycles. The molecular formula is C11H13N3O2S. The summed E-state index contributed by atoms with van der Waals surface area (Å²) in [7, 11) is 0. The number of rotatable bonds is 0. The predicted molar refractivity (Wildman–Crippen MR) is 64.1 cm³/mol. The average Bonchev–Trinajstić information content (AvgIpc) is 2.68. The minimum atomic E-state index is -0.343. The summed E-state index contributed by atoms with van der Waals surface area (Å²) in [6.45, 7) is 3.92. The minimum Gasteiger partial charge on any atom is -0.409 e. The van der Waals surface area contributed by atoms with Crippen molar-refractivity contribution in [3.63, 3.8) is 0 Å². The van der Waals surface area contributed by atoms with E-state index in [-0.39, 0.29) is 10.5 Å². The minimum absolute atomic E-state index is 0.101. The number of thioether (sulfide) groups is 1. The molecule has 0 fully saturated rings. The summed E-state index contributed by atoms with van der Waals surface area (Å²) in [5, 5.41) is 13.3. The molecule has 2 aliphatic rings. The molecule has 1 aromatic heterocycles. The van der Waals surface area contributed by atoms with Crippen molar-refractivity contribution in [3.05, 3.63) is 11.4 Å². The van der Waals surface area contributed by atoms with Gasteiger partial charge < -0.3 is 5.21 Å². The maximum atomic E-state index is 12.0. The Bertz CT molecular complexity index is 545. The molecule has 0 aromatic carbocycles. The number of carbonyl (C=O) groups excluding carboxylic acids is 1. The Kier molecular flexibility index (Phi) is 2.13. The average molecular weight is 251 g/mol. The molecule has 3 rings (SSSR count). The largest absolute Gasteiger partial charge is 0.409 e. The fourth-order valence-electron chi connectivity index (χ4n) is 2.41. The Morgan fingerprint density at radius 1 is 1.47 bits per heavy atom. The molecule has 0 radical (unpaired) electrons. The van der Waals surface area contributed by atoms with Gasteiger partial charge in [0.25, 0.3) is 0 Å². The van der Waals surface area contributed by atoms with Crippen molar-refractivity contribution in [2.75, 3.05) is 0 Å². The smallest absolute Gasteiger partial charge is 0.181 e. The van der Waals surface area contributed by atoms with E-state index in [9.17, 15) is 4.79 Å². The number of hydrogen-bond acceptors (Lipinski definition) is 5. The molecule has 1 aliphatic carbocycles. The number of aromatic nitrogens is 2. The zero-order valence-corrected chi connectivity index (χ0v) is 10.5. The van der Waals surface area contributed by atoms with Crippen LogP contribution in [0.5, 0.6) is 0 Å². The summed E-state index contributed by atoms with van der Waals surface area (Å²) < 4.78 is 1.38. The molecule has 17 heavy (non-hydrogen) atoms. The molecule has 6 heteroatoms. The van der Waals surface area contributed by atoms with Gasteiger partial charge in [0.2, 0.25) is 0 Å². The van der Waals surface area contributed by atoms with E-state index in [1.54, 1.807) is 4.57 Å². The van der Waals surface area contributed by atoms with Crippen LogP contribution in [0.15, 0.2) is 10.3 Å². The molecule has 0 bridgehead atoms. The van der Waals surface area contributed by atoms with Crippen LogP contribution in [0.2, 0.25) is 0 Å². The van der Waals surface area contributed by atoms with Gasteiger partial charge in [-0.1, -0.05) is 16.9 Å². The number of ketones is 1. The van der Waals surface area contributed by atoms with E-state index in [0.717, 1.165) is 23.7 Å². The van der Waals surface area contributed by atoms with Gasteiger partial charge in [0.1, 0.15) is 5.69 Å². The van der Waals surface area contributed by atoms with E-state index in [4.69, 9.17) is 5.21 Å². The number of aryl methyl sites for hydroxylation is 1. The normalized spacial score (nSPS) is 23.9. The molecule has 0 amide bonds. The molecular weight excluding hydrogens is 238 g/mol. The second kappa shape index (κ2) is 3.35. The van der Waals surface area contributed by atoms with E-state index in [0.29, 0.717) is 18.0 Å². The van der Waals surface area contributed by atoms with Gasteiger partial charge >= 0.3 is 0 Å². The van der Waals surface area contributed by atoms with Crippen molar-refractivity contribution in [1.82, 2.24) is 9.55 Å². The first-order chi connectivity index (χ1) is 8.04. The van der Waals surface area contributed by atoms with E-state index in [2.05, 4.69) is 10.1 Å². The molecule has 1 N–H and O–H groups in total. The van der Waals surface area contributed by atoms with E-state index in [1.807, 2.05) is 13.8 Å². The first-order valence-electron chi connectivity index (χ1n) is 5.61. The Labute approximate surface area is 103 Å². The summed E-state index contributed by atoms with van der Waals surface area (Å²) in [6, 6.07) is 0. The lowest BCUT2D eigenvalue weighted by Gasteiger charge is -2.18. The van der Waals surface area contributed by atoms with Gasteiger partial charge in [-0.15, -0.1) is 0 Å². The fraction of sp³-hybridized carbons (Fsp3) is 0.545. The monoisotopic (exact) mass is 251 g/mol. The van der Waals surface area contributed by atoms with Crippen molar-refractivity contribution in [1.29, 1.82) is 0 Å². The molecule has 0 saturated carbocycles. The van der Waals surface area contributed by atoms with Crippen LogP contribution in [0.1, 0.15) is 42.9 Å². The molecule has 0 spiro atoms. The third kappa shape index (κ3) is 1.36. The molecule has 1 aromatic rings. The predicted octanol–water partition coefficient (Wildman–Crippen LogP) is 1.92. The zero-order valence-electron chi connectivity index (χ0n) is 9.73. The van der Waals surface area contributed by atoms with E-state index >= 15 is 0 Å². The van der Waals surface area contributed by atoms with Gasteiger partial charge in [0.05, 0.1) is 10.4 Å². The molecule has 0 unspecified atom stereocenters. The Balaban J connectivity index is 2.24. The van der Waals surface area contributed by atoms with Crippen molar-refractivity contribution in [2.45, 2.75) is 43.0 Å².